The quantitative estimate of drug-likeness (QED) is 0.740. The molecule has 3 N–H and O–H groups in total. The molecule has 0 bridgehead atoms. The van der Waals surface area contributed by atoms with Crippen LogP contribution in [0.5, 0.6) is 0 Å². The number of fused-ring (bicyclic) bond motifs is 3. The number of nitrogens with one attached hydrogen (secondary N) is 1. The fraction of sp³-hybridized carbons (Fsp3) is 0.300. The summed E-state index contributed by atoms with van der Waals surface area (Å²) in [5, 5.41) is 20.9. The Kier molecular flexibility index (Phi) is 5.23. The number of alkyl carbamates (subject to hydrolysis) is 1. The van der Waals surface area contributed by atoms with E-state index >= 15 is 0 Å². The van der Waals surface area contributed by atoms with E-state index in [4.69, 9.17) is 9.84 Å². The number of amides is 1. The van der Waals surface area contributed by atoms with Crippen LogP contribution in [-0.4, -0.2) is 41.0 Å². The largest absolute Gasteiger partial charge is 0.481 e. The first-order valence-corrected chi connectivity index (χ1v) is 8.48. The summed E-state index contributed by atoms with van der Waals surface area (Å²) in [5.41, 5.74) is 4.51. The first-order chi connectivity index (χ1) is 12.5. The number of carboxylic acid groups (broad SMARTS) is 1. The minimum Gasteiger partial charge on any atom is -0.481 e. The summed E-state index contributed by atoms with van der Waals surface area (Å²) in [6.07, 6.45) is -2.29. The first-order valence-electron chi connectivity index (χ1n) is 8.48. The zero-order valence-corrected chi connectivity index (χ0v) is 14.4. The maximum atomic E-state index is 12.0. The molecule has 136 valence electrons. The minimum atomic E-state index is -1.17. The van der Waals surface area contributed by atoms with Gasteiger partial charge in [-0.05, 0) is 29.2 Å². The van der Waals surface area contributed by atoms with Crippen molar-refractivity contribution in [3.05, 3.63) is 59.7 Å². The van der Waals surface area contributed by atoms with Gasteiger partial charge in [0.25, 0.3) is 0 Å². The molecule has 26 heavy (non-hydrogen) atoms. The van der Waals surface area contributed by atoms with E-state index in [9.17, 15) is 14.7 Å². The zero-order chi connectivity index (χ0) is 18.7. The lowest BCUT2D eigenvalue weighted by Gasteiger charge is -2.20. The fourth-order valence-corrected chi connectivity index (χ4v) is 3.28. The smallest absolute Gasteiger partial charge is 0.407 e. The van der Waals surface area contributed by atoms with Crippen LogP contribution in [-0.2, 0) is 9.53 Å². The molecule has 2 atom stereocenters. The van der Waals surface area contributed by atoms with Gasteiger partial charge >= 0.3 is 12.1 Å². The van der Waals surface area contributed by atoms with Crippen LogP contribution >= 0.6 is 0 Å². The average molecular weight is 355 g/mol. The maximum absolute atomic E-state index is 12.0. The Bertz CT molecular complexity index is 774. The molecule has 6 nitrogen and oxygen atoms in total. The molecule has 1 amide bonds. The van der Waals surface area contributed by atoms with Crippen LogP contribution in [0.4, 0.5) is 4.79 Å². The number of hydrogen-bond acceptors (Lipinski definition) is 4. The number of rotatable bonds is 6. The van der Waals surface area contributed by atoms with E-state index in [1.165, 1.54) is 6.92 Å². The summed E-state index contributed by atoms with van der Waals surface area (Å²) in [6.45, 7) is 1.71. The predicted octanol–water partition coefficient (Wildman–Crippen LogP) is 2.75. The number of hydrogen-bond donors (Lipinski definition) is 3. The molecule has 3 rings (SSSR count). The second-order valence-electron chi connectivity index (χ2n) is 6.42. The predicted molar refractivity (Wildman–Crippen MR) is 95.9 cm³/mol. The van der Waals surface area contributed by atoms with E-state index in [-0.39, 0.29) is 12.5 Å². The van der Waals surface area contributed by atoms with Gasteiger partial charge in [0.1, 0.15) is 6.61 Å². The van der Waals surface area contributed by atoms with Gasteiger partial charge in [0.2, 0.25) is 0 Å². The lowest BCUT2D eigenvalue weighted by molar-refractivity contribution is -0.139. The van der Waals surface area contributed by atoms with Gasteiger partial charge in [-0.1, -0.05) is 48.5 Å². The second-order valence-corrected chi connectivity index (χ2v) is 6.42. The SMILES string of the molecule is C[C@@H](NC(=O)OCC1c2ccccc2-c2ccccc21)[C@H](O)CC(=O)O. The number of carbonyl (C=O) groups is 2. The molecule has 2 aromatic rings. The van der Waals surface area contributed by atoms with E-state index in [0.29, 0.717) is 0 Å². The molecule has 0 fully saturated rings. The highest BCUT2D eigenvalue weighted by atomic mass is 16.5. The highest BCUT2D eigenvalue weighted by molar-refractivity contribution is 5.79. The molecule has 0 aliphatic heterocycles. The summed E-state index contributed by atoms with van der Waals surface area (Å²) >= 11 is 0. The highest BCUT2D eigenvalue weighted by Gasteiger charge is 2.29. The summed E-state index contributed by atoms with van der Waals surface area (Å²) in [7, 11) is 0. The van der Waals surface area contributed by atoms with Crippen LogP contribution in [0.2, 0.25) is 0 Å². The average Bonchev–Trinajstić information content (AvgIpc) is 2.93. The maximum Gasteiger partial charge on any atom is 0.407 e. The third kappa shape index (κ3) is 3.70. The molecule has 0 radical (unpaired) electrons. The first kappa shape index (κ1) is 17.9. The number of carbonyl (C=O) groups excluding carboxylic acids is 1. The Hall–Kier alpha value is -2.86. The van der Waals surface area contributed by atoms with Crippen LogP contribution in [0.15, 0.2) is 48.5 Å². The Balaban J connectivity index is 1.65. The third-order valence-electron chi connectivity index (χ3n) is 4.65. The lowest BCUT2D eigenvalue weighted by Crippen LogP contribution is -2.42. The number of ether oxygens (including phenoxy) is 1. The Morgan fingerprint density at radius 3 is 2.15 bits per heavy atom. The molecule has 2 aromatic carbocycles. The molecule has 0 saturated carbocycles. The van der Waals surface area contributed by atoms with Crippen molar-refractivity contribution in [2.75, 3.05) is 6.61 Å². The van der Waals surface area contributed by atoms with Crippen molar-refractivity contribution < 1.29 is 24.5 Å². The number of aliphatic hydroxyl groups excluding tert-OH is 1. The topological polar surface area (TPSA) is 95.9 Å². The second kappa shape index (κ2) is 7.58. The number of carboxylic acids is 1. The minimum absolute atomic E-state index is 0.0487. The van der Waals surface area contributed by atoms with Crippen molar-refractivity contribution in [1.29, 1.82) is 0 Å². The fourth-order valence-electron chi connectivity index (χ4n) is 3.28. The van der Waals surface area contributed by atoms with Gasteiger partial charge in [-0.25, -0.2) is 4.79 Å². The van der Waals surface area contributed by atoms with E-state index in [1.807, 2.05) is 36.4 Å². The Morgan fingerprint density at radius 1 is 1.08 bits per heavy atom. The zero-order valence-electron chi connectivity index (χ0n) is 14.4. The molecule has 0 unspecified atom stereocenters. The van der Waals surface area contributed by atoms with Crippen molar-refractivity contribution in [1.82, 2.24) is 5.32 Å². The van der Waals surface area contributed by atoms with Crippen molar-refractivity contribution in [3.63, 3.8) is 0 Å². The van der Waals surface area contributed by atoms with Gasteiger partial charge in [0.05, 0.1) is 18.6 Å². The van der Waals surface area contributed by atoms with Gasteiger partial charge in [-0.3, -0.25) is 4.79 Å². The Morgan fingerprint density at radius 2 is 1.62 bits per heavy atom. The van der Waals surface area contributed by atoms with Gasteiger partial charge in [0, 0.05) is 5.92 Å². The highest BCUT2D eigenvalue weighted by Crippen LogP contribution is 2.44. The summed E-state index contributed by atoms with van der Waals surface area (Å²) < 4.78 is 5.36. The monoisotopic (exact) mass is 355 g/mol. The molecule has 0 spiro atoms. The normalized spacial score (nSPS) is 14.8. The molecule has 6 heteroatoms. The molecule has 1 aliphatic carbocycles. The van der Waals surface area contributed by atoms with Crippen LogP contribution in [0.25, 0.3) is 11.1 Å². The number of aliphatic hydroxyl groups is 1. The Labute approximate surface area is 151 Å². The van der Waals surface area contributed by atoms with Crippen molar-refractivity contribution in [3.8, 4) is 11.1 Å². The van der Waals surface area contributed by atoms with Crippen molar-refractivity contribution >= 4 is 12.1 Å². The molecule has 0 saturated heterocycles. The number of aliphatic carboxylic acids is 1. The number of benzene rings is 2. The summed E-state index contributed by atoms with van der Waals surface area (Å²) in [5.74, 6) is -1.17. The van der Waals surface area contributed by atoms with Gasteiger partial charge in [-0.15, -0.1) is 0 Å². The molecule has 0 heterocycles. The van der Waals surface area contributed by atoms with Crippen LogP contribution in [0, 0.1) is 0 Å². The molecular formula is C20H21NO5. The summed E-state index contributed by atoms with van der Waals surface area (Å²) in [4.78, 5) is 22.7. The molecule has 1 aliphatic rings. The van der Waals surface area contributed by atoms with E-state index in [0.717, 1.165) is 22.3 Å². The van der Waals surface area contributed by atoms with E-state index in [1.54, 1.807) is 0 Å². The summed E-state index contributed by atoms with van der Waals surface area (Å²) in [6, 6.07) is 15.3. The van der Waals surface area contributed by atoms with Crippen LogP contribution in [0.3, 0.4) is 0 Å². The van der Waals surface area contributed by atoms with E-state index < -0.39 is 30.6 Å². The van der Waals surface area contributed by atoms with Gasteiger partial charge < -0.3 is 20.3 Å². The molecule has 0 aromatic heterocycles. The molecular weight excluding hydrogens is 334 g/mol. The van der Waals surface area contributed by atoms with Gasteiger partial charge in [0.15, 0.2) is 0 Å². The van der Waals surface area contributed by atoms with Crippen LogP contribution in [0.1, 0.15) is 30.4 Å². The van der Waals surface area contributed by atoms with Crippen molar-refractivity contribution in [2.24, 2.45) is 0 Å². The lowest BCUT2D eigenvalue weighted by atomic mass is 9.98. The van der Waals surface area contributed by atoms with E-state index in [2.05, 4.69) is 17.4 Å². The standard InChI is InChI=1S/C20H21NO5/c1-12(18(22)10-19(23)24)21-20(25)26-11-17-15-8-4-2-6-13(15)14-7-3-5-9-16(14)17/h2-9,12,17-18,22H,10-11H2,1H3,(H,21,25)(H,23,24)/t12-,18-/m1/s1. The van der Waals surface area contributed by atoms with Crippen LogP contribution < -0.4 is 5.32 Å². The van der Waals surface area contributed by atoms with Crippen molar-refractivity contribution in [2.45, 2.75) is 31.4 Å². The third-order valence-corrected chi connectivity index (χ3v) is 4.65. The van der Waals surface area contributed by atoms with Gasteiger partial charge in [-0.2, -0.15) is 0 Å².